The number of thioether (sulfide) groups is 1. The number of furan rings is 1. The second-order valence-electron chi connectivity index (χ2n) is 5.15. The third kappa shape index (κ3) is 3.08. The van der Waals surface area contributed by atoms with E-state index in [-0.39, 0.29) is 0 Å². The van der Waals surface area contributed by atoms with Gasteiger partial charge >= 0.3 is 0 Å². The Labute approximate surface area is 109 Å². The van der Waals surface area contributed by atoms with Crippen molar-refractivity contribution in [2.75, 3.05) is 12.8 Å². The minimum absolute atomic E-state index is 0.313. The van der Waals surface area contributed by atoms with E-state index >= 15 is 0 Å². The lowest BCUT2D eigenvalue weighted by molar-refractivity contribution is 0.399. The van der Waals surface area contributed by atoms with Crippen molar-refractivity contribution in [2.24, 2.45) is 0 Å². The second kappa shape index (κ2) is 5.49. The Kier molecular flexibility index (Phi) is 4.21. The molecule has 1 atom stereocenters. The Hall–Kier alpha value is -0.410. The number of rotatable bonds is 5. The summed E-state index contributed by atoms with van der Waals surface area (Å²) in [5, 5.41) is 3.63. The smallest absolute Gasteiger partial charge is 0.120 e. The molecular weight excluding hydrogens is 230 g/mol. The quantitative estimate of drug-likeness (QED) is 0.861. The van der Waals surface area contributed by atoms with Gasteiger partial charge in [0.05, 0.1) is 6.04 Å². The molecule has 1 aliphatic carbocycles. The van der Waals surface area contributed by atoms with Gasteiger partial charge in [-0.25, -0.2) is 0 Å². The fourth-order valence-electron chi connectivity index (χ4n) is 2.60. The molecule has 1 saturated carbocycles. The third-order valence-corrected chi connectivity index (χ3v) is 5.28. The molecule has 0 bridgehead atoms. The highest BCUT2D eigenvalue weighted by molar-refractivity contribution is 8.00. The Bertz CT molecular complexity index is 355. The van der Waals surface area contributed by atoms with Crippen LogP contribution >= 0.6 is 11.8 Å². The van der Waals surface area contributed by atoms with Crippen LogP contribution in [0.25, 0.3) is 0 Å². The third-order valence-electron chi connectivity index (χ3n) is 3.87. The average molecular weight is 253 g/mol. The summed E-state index contributed by atoms with van der Waals surface area (Å²) in [4.78, 5) is 0. The first kappa shape index (κ1) is 13.0. The van der Waals surface area contributed by atoms with Crippen molar-refractivity contribution < 1.29 is 4.42 Å². The van der Waals surface area contributed by atoms with Crippen LogP contribution in [0.2, 0.25) is 0 Å². The maximum Gasteiger partial charge on any atom is 0.120 e. The van der Waals surface area contributed by atoms with Crippen LogP contribution in [0.5, 0.6) is 0 Å². The van der Waals surface area contributed by atoms with Crippen molar-refractivity contribution in [3.8, 4) is 0 Å². The number of hydrogen-bond acceptors (Lipinski definition) is 3. The molecule has 0 aromatic carbocycles. The van der Waals surface area contributed by atoms with Gasteiger partial charge in [0.15, 0.2) is 0 Å². The Morgan fingerprint density at radius 1 is 1.41 bits per heavy atom. The monoisotopic (exact) mass is 253 g/mol. The number of hydrogen-bond donors (Lipinski definition) is 1. The molecule has 0 aliphatic heterocycles. The van der Waals surface area contributed by atoms with Crippen molar-refractivity contribution in [3.05, 3.63) is 23.7 Å². The van der Waals surface area contributed by atoms with E-state index in [2.05, 4.69) is 24.6 Å². The lowest BCUT2D eigenvalue weighted by Crippen LogP contribution is -2.36. The van der Waals surface area contributed by atoms with Gasteiger partial charge in [-0.2, -0.15) is 11.8 Å². The standard InChI is InChI=1S/C14H23NOS/c1-11-6-7-13(16-11)12(2)15-10-14(17-3)8-4-5-9-14/h6-7,12,15H,4-5,8-10H2,1-3H3. The van der Waals surface area contributed by atoms with Crippen molar-refractivity contribution in [3.63, 3.8) is 0 Å². The number of aryl methyl sites for hydroxylation is 1. The summed E-state index contributed by atoms with van der Waals surface area (Å²) < 4.78 is 6.13. The molecule has 1 aromatic rings. The molecule has 1 unspecified atom stereocenters. The van der Waals surface area contributed by atoms with Crippen LogP contribution in [0.3, 0.4) is 0 Å². The van der Waals surface area contributed by atoms with Crippen LogP contribution in [0.15, 0.2) is 16.5 Å². The molecule has 0 saturated heterocycles. The molecule has 2 rings (SSSR count). The maximum atomic E-state index is 5.66. The first-order valence-corrected chi connectivity index (χ1v) is 7.72. The van der Waals surface area contributed by atoms with Gasteiger partial charge in [-0.15, -0.1) is 0 Å². The molecule has 17 heavy (non-hydrogen) atoms. The molecule has 1 fully saturated rings. The Morgan fingerprint density at radius 2 is 2.12 bits per heavy atom. The molecular formula is C14H23NOS. The molecule has 1 heterocycles. The maximum absolute atomic E-state index is 5.66. The van der Waals surface area contributed by atoms with Gasteiger partial charge in [0.1, 0.15) is 11.5 Å². The fourth-order valence-corrected chi connectivity index (χ4v) is 3.52. The van der Waals surface area contributed by atoms with Gasteiger partial charge in [-0.3, -0.25) is 0 Å². The van der Waals surface area contributed by atoms with Crippen LogP contribution in [-0.2, 0) is 0 Å². The average Bonchev–Trinajstić information content (AvgIpc) is 2.95. The summed E-state index contributed by atoms with van der Waals surface area (Å²) in [5.41, 5.74) is 0. The van der Waals surface area contributed by atoms with Gasteiger partial charge in [-0.1, -0.05) is 12.8 Å². The molecule has 0 spiro atoms. The lowest BCUT2D eigenvalue weighted by Gasteiger charge is -2.28. The minimum atomic E-state index is 0.313. The molecule has 2 nitrogen and oxygen atoms in total. The summed E-state index contributed by atoms with van der Waals surface area (Å²) >= 11 is 2.03. The summed E-state index contributed by atoms with van der Waals surface area (Å²) in [7, 11) is 0. The second-order valence-corrected chi connectivity index (χ2v) is 6.42. The predicted octanol–water partition coefficient (Wildman–Crippen LogP) is 3.91. The minimum Gasteiger partial charge on any atom is -0.465 e. The molecule has 1 aliphatic rings. The van der Waals surface area contributed by atoms with E-state index in [9.17, 15) is 0 Å². The van der Waals surface area contributed by atoms with Crippen molar-refractivity contribution >= 4 is 11.8 Å². The molecule has 96 valence electrons. The topological polar surface area (TPSA) is 25.2 Å². The first-order chi connectivity index (χ1) is 8.15. The normalized spacial score (nSPS) is 20.6. The zero-order valence-corrected chi connectivity index (χ0v) is 11.9. The number of nitrogens with one attached hydrogen (secondary N) is 1. The van der Waals surface area contributed by atoms with Crippen LogP contribution in [-0.4, -0.2) is 17.5 Å². The van der Waals surface area contributed by atoms with E-state index in [1.165, 1.54) is 25.7 Å². The van der Waals surface area contributed by atoms with E-state index in [1.807, 2.05) is 24.8 Å². The highest BCUT2D eigenvalue weighted by atomic mass is 32.2. The first-order valence-electron chi connectivity index (χ1n) is 6.50. The van der Waals surface area contributed by atoms with Gasteiger partial charge in [0, 0.05) is 11.3 Å². The van der Waals surface area contributed by atoms with E-state index < -0.39 is 0 Å². The molecule has 1 aromatic heterocycles. The summed E-state index contributed by atoms with van der Waals surface area (Å²) in [6.45, 7) is 5.27. The Morgan fingerprint density at radius 3 is 2.65 bits per heavy atom. The Balaban J connectivity index is 1.89. The van der Waals surface area contributed by atoms with E-state index in [4.69, 9.17) is 4.42 Å². The summed E-state index contributed by atoms with van der Waals surface area (Å²) in [6, 6.07) is 4.43. The lowest BCUT2D eigenvalue weighted by atomic mass is 10.1. The van der Waals surface area contributed by atoms with Gasteiger partial charge < -0.3 is 9.73 Å². The molecule has 1 N–H and O–H groups in total. The van der Waals surface area contributed by atoms with Crippen molar-refractivity contribution in [1.82, 2.24) is 5.32 Å². The zero-order valence-electron chi connectivity index (χ0n) is 11.1. The van der Waals surface area contributed by atoms with Crippen molar-refractivity contribution in [2.45, 2.75) is 50.3 Å². The van der Waals surface area contributed by atoms with Crippen molar-refractivity contribution in [1.29, 1.82) is 0 Å². The van der Waals surface area contributed by atoms with Gasteiger partial charge in [-0.05, 0) is 45.1 Å². The zero-order chi connectivity index (χ0) is 12.3. The highest BCUT2D eigenvalue weighted by Gasteiger charge is 2.33. The van der Waals surface area contributed by atoms with Crippen LogP contribution in [0.4, 0.5) is 0 Å². The van der Waals surface area contributed by atoms with Crippen LogP contribution < -0.4 is 5.32 Å². The summed E-state index contributed by atoms with van der Waals surface area (Å²) in [5.74, 6) is 2.05. The fraction of sp³-hybridized carbons (Fsp3) is 0.714. The largest absolute Gasteiger partial charge is 0.465 e. The highest BCUT2D eigenvalue weighted by Crippen LogP contribution is 2.39. The molecule has 3 heteroatoms. The van der Waals surface area contributed by atoms with Crippen LogP contribution in [0.1, 0.15) is 50.2 Å². The molecule has 0 radical (unpaired) electrons. The predicted molar refractivity (Wildman–Crippen MR) is 74.6 cm³/mol. The van der Waals surface area contributed by atoms with E-state index in [0.29, 0.717) is 10.8 Å². The SMILES string of the molecule is CSC1(CNC(C)c2ccc(C)o2)CCCC1. The van der Waals surface area contributed by atoms with Gasteiger partial charge in [0.25, 0.3) is 0 Å². The molecule has 0 amide bonds. The summed E-state index contributed by atoms with van der Waals surface area (Å²) in [6.07, 6.45) is 7.72. The van der Waals surface area contributed by atoms with Gasteiger partial charge in [0.2, 0.25) is 0 Å². The van der Waals surface area contributed by atoms with E-state index in [1.54, 1.807) is 0 Å². The van der Waals surface area contributed by atoms with Crippen LogP contribution in [0, 0.1) is 6.92 Å². The van der Waals surface area contributed by atoms with E-state index in [0.717, 1.165) is 18.1 Å².